The van der Waals surface area contributed by atoms with Gasteiger partial charge in [-0.25, -0.2) is 8.42 Å². The van der Waals surface area contributed by atoms with Gasteiger partial charge in [0.05, 0.1) is 17.2 Å². The lowest BCUT2D eigenvalue weighted by Crippen LogP contribution is -2.52. The van der Waals surface area contributed by atoms with Crippen LogP contribution >= 0.6 is 34.8 Å². The molecule has 0 spiro atoms. The molecule has 3 aromatic rings. The maximum Gasteiger partial charge on any atom is 0.264 e. The topological polar surface area (TPSA) is 96.0 Å². The van der Waals surface area contributed by atoms with Gasteiger partial charge in [-0.3, -0.25) is 13.9 Å². The van der Waals surface area contributed by atoms with E-state index in [4.69, 9.17) is 39.5 Å². The van der Waals surface area contributed by atoms with Gasteiger partial charge < -0.3 is 15.0 Å². The van der Waals surface area contributed by atoms with Crippen LogP contribution in [0.4, 0.5) is 5.69 Å². The van der Waals surface area contributed by atoms with Crippen LogP contribution in [0.2, 0.25) is 15.1 Å². The minimum absolute atomic E-state index is 0.0355. The number of rotatable bonds is 12. The van der Waals surface area contributed by atoms with E-state index < -0.39 is 28.5 Å². The van der Waals surface area contributed by atoms with E-state index in [0.29, 0.717) is 33.0 Å². The number of nitrogens with one attached hydrogen (secondary N) is 1. The Labute approximate surface area is 267 Å². The van der Waals surface area contributed by atoms with E-state index in [9.17, 15) is 18.0 Å². The Bertz CT molecular complexity index is 1530. The lowest BCUT2D eigenvalue weighted by molar-refractivity contribution is -0.139. The van der Waals surface area contributed by atoms with Crippen molar-refractivity contribution in [1.82, 2.24) is 10.2 Å². The van der Waals surface area contributed by atoms with Crippen molar-refractivity contribution in [3.63, 3.8) is 0 Å². The quantitative estimate of drug-likeness (QED) is 0.232. The van der Waals surface area contributed by atoms with Crippen LogP contribution in [0.25, 0.3) is 0 Å². The van der Waals surface area contributed by atoms with Crippen LogP contribution in [0.15, 0.2) is 71.6 Å². The molecule has 0 heterocycles. The zero-order valence-corrected chi connectivity index (χ0v) is 27.0. The summed E-state index contributed by atoms with van der Waals surface area (Å²) in [4.78, 5) is 28.8. The van der Waals surface area contributed by atoms with Gasteiger partial charge in [-0.05, 0) is 92.9 Å². The molecule has 0 bridgehead atoms. The number of carbonyl (C=O) groups is 2. The maximum absolute atomic E-state index is 14.1. The van der Waals surface area contributed by atoms with Crippen LogP contribution in [0.3, 0.4) is 0 Å². The summed E-state index contributed by atoms with van der Waals surface area (Å²) >= 11 is 18.6. The average Bonchev–Trinajstić information content (AvgIpc) is 3.49. The monoisotopic (exact) mass is 665 g/mol. The fourth-order valence-corrected chi connectivity index (χ4v) is 6.95. The molecule has 1 atom stereocenters. The van der Waals surface area contributed by atoms with E-state index in [1.807, 2.05) is 6.92 Å². The van der Waals surface area contributed by atoms with Gasteiger partial charge >= 0.3 is 0 Å². The van der Waals surface area contributed by atoms with Gasteiger partial charge in [0.1, 0.15) is 18.3 Å². The number of hydrogen-bond acceptors (Lipinski definition) is 5. The summed E-state index contributed by atoms with van der Waals surface area (Å²) in [5.41, 5.74) is 0.812. The normalized spacial score (nSPS) is 14.3. The second-order valence-corrected chi connectivity index (χ2v) is 13.5. The Morgan fingerprint density at radius 3 is 2.19 bits per heavy atom. The lowest BCUT2D eigenvalue weighted by Gasteiger charge is -2.32. The second-order valence-electron chi connectivity index (χ2n) is 10.3. The summed E-state index contributed by atoms with van der Waals surface area (Å²) in [5, 5.41) is 4.16. The summed E-state index contributed by atoms with van der Waals surface area (Å²) in [7, 11) is -4.23. The van der Waals surface area contributed by atoms with Gasteiger partial charge in [0.25, 0.3) is 10.0 Å². The molecule has 12 heteroatoms. The summed E-state index contributed by atoms with van der Waals surface area (Å²) in [6.45, 7) is 3.29. The fraction of sp³-hybridized carbons (Fsp3) is 0.355. The van der Waals surface area contributed by atoms with Crippen molar-refractivity contribution < 1.29 is 22.7 Å². The third kappa shape index (κ3) is 8.35. The highest BCUT2D eigenvalue weighted by Crippen LogP contribution is 2.28. The molecule has 4 rings (SSSR count). The highest BCUT2D eigenvalue weighted by molar-refractivity contribution is 7.92. The largest absolute Gasteiger partial charge is 0.494 e. The standard InChI is InChI=1S/C31H34Cl3N3O5S/c1-3-42-27-14-12-26(13-15-27)37(43(40,41)28-16-10-23(32)11-17-28)20-30(38)36(19-22-8-9-24(33)18-29(22)34)21(2)31(39)35-25-6-4-5-7-25/h8-18,21,25H,3-7,19-20H2,1-2H3,(H,35,39). The zero-order chi connectivity index (χ0) is 31.1. The van der Waals surface area contributed by atoms with Crippen LogP contribution in [-0.2, 0) is 26.2 Å². The van der Waals surface area contributed by atoms with Crippen LogP contribution < -0.4 is 14.4 Å². The molecular formula is C31H34Cl3N3O5S. The molecule has 1 aliphatic rings. The number of hydrogen-bond donors (Lipinski definition) is 1. The number of benzene rings is 3. The van der Waals surface area contributed by atoms with Crippen molar-refractivity contribution in [2.45, 2.75) is 63.1 Å². The predicted molar refractivity (Wildman–Crippen MR) is 170 cm³/mol. The first-order chi connectivity index (χ1) is 20.5. The third-order valence-corrected chi connectivity index (χ3v) is 9.97. The van der Waals surface area contributed by atoms with Gasteiger partial charge in [0.15, 0.2) is 0 Å². The minimum atomic E-state index is -4.23. The first kappa shape index (κ1) is 32.9. The number of sulfonamides is 1. The van der Waals surface area contributed by atoms with Crippen molar-refractivity contribution in [3.05, 3.63) is 87.4 Å². The van der Waals surface area contributed by atoms with Crippen LogP contribution in [-0.4, -0.2) is 50.4 Å². The maximum atomic E-state index is 14.1. The van der Waals surface area contributed by atoms with Crippen molar-refractivity contribution in [2.24, 2.45) is 0 Å². The van der Waals surface area contributed by atoms with E-state index in [1.165, 1.54) is 29.2 Å². The molecule has 0 aliphatic heterocycles. The van der Waals surface area contributed by atoms with Gasteiger partial charge in [0, 0.05) is 27.7 Å². The highest BCUT2D eigenvalue weighted by atomic mass is 35.5. The van der Waals surface area contributed by atoms with E-state index >= 15 is 0 Å². The number of anilines is 1. The Morgan fingerprint density at radius 2 is 1.58 bits per heavy atom. The number of nitrogens with zero attached hydrogens (tertiary/aromatic N) is 2. The molecule has 230 valence electrons. The first-order valence-corrected chi connectivity index (χ1v) is 16.6. The summed E-state index contributed by atoms with van der Waals surface area (Å²) < 4.78 is 34.5. The fourth-order valence-electron chi connectivity index (χ4n) is 4.95. The smallest absolute Gasteiger partial charge is 0.264 e. The van der Waals surface area contributed by atoms with Crippen LogP contribution in [0, 0.1) is 0 Å². The van der Waals surface area contributed by atoms with Gasteiger partial charge in [-0.2, -0.15) is 0 Å². The minimum Gasteiger partial charge on any atom is -0.494 e. The summed E-state index contributed by atoms with van der Waals surface area (Å²) in [6.07, 6.45) is 3.81. The molecule has 8 nitrogen and oxygen atoms in total. The Kier molecular flexibility index (Phi) is 11.2. The highest BCUT2D eigenvalue weighted by Gasteiger charge is 2.33. The molecule has 0 radical (unpaired) electrons. The molecule has 43 heavy (non-hydrogen) atoms. The Hall–Kier alpha value is -2.98. The number of halogens is 3. The molecule has 1 aliphatic carbocycles. The molecule has 3 aromatic carbocycles. The second kappa shape index (κ2) is 14.7. The molecule has 0 aromatic heterocycles. The molecular weight excluding hydrogens is 633 g/mol. The zero-order valence-electron chi connectivity index (χ0n) is 23.9. The average molecular weight is 667 g/mol. The predicted octanol–water partition coefficient (Wildman–Crippen LogP) is 6.72. The van der Waals surface area contributed by atoms with Gasteiger partial charge in [-0.15, -0.1) is 0 Å². The SMILES string of the molecule is CCOc1ccc(N(CC(=O)N(Cc2ccc(Cl)cc2Cl)C(C)C(=O)NC2CCCC2)S(=O)(=O)c2ccc(Cl)cc2)cc1. The van der Waals surface area contributed by atoms with E-state index in [2.05, 4.69) is 5.32 Å². The van der Waals surface area contributed by atoms with Crippen molar-refractivity contribution in [1.29, 1.82) is 0 Å². The summed E-state index contributed by atoms with van der Waals surface area (Å²) in [5.74, 6) is -0.359. The number of ether oxygens (including phenoxy) is 1. The summed E-state index contributed by atoms with van der Waals surface area (Å²) in [6, 6.07) is 16.1. The Balaban J connectivity index is 1.70. The lowest BCUT2D eigenvalue weighted by atomic mass is 10.1. The molecule has 1 unspecified atom stereocenters. The molecule has 1 N–H and O–H groups in total. The third-order valence-electron chi connectivity index (χ3n) is 7.34. The Morgan fingerprint density at radius 1 is 0.953 bits per heavy atom. The molecule has 2 amide bonds. The molecule has 0 saturated heterocycles. The van der Waals surface area contributed by atoms with Crippen LogP contribution in [0.1, 0.15) is 45.1 Å². The van der Waals surface area contributed by atoms with Crippen molar-refractivity contribution >= 4 is 62.3 Å². The van der Waals surface area contributed by atoms with E-state index in [0.717, 1.165) is 30.0 Å². The van der Waals surface area contributed by atoms with Gasteiger partial charge in [-0.1, -0.05) is 53.7 Å². The van der Waals surface area contributed by atoms with Crippen LogP contribution in [0.5, 0.6) is 5.75 Å². The number of carbonyl (C=O) groups excluding carboxylic acids is 2. The van der Waals surface area contributed by atoms with E-state index in [-0.39, 0.29) is 29.1 Å². The first-order valence-electron chi connectivity index (χ1n) is 14.0. The van der Waals surface area contributed by atoms with Gasteiger partial charge in [0.2, 0.25) is 11.8 Å². The van der Waals surface area contributed by atoms with Crippen molar-refractivity contribution in [2.75, 3.05) is 17.5 Å². The van der Waals surface area contributed by atoms with E-state index in [1.54, 1.807) is 49.4 Å². The number of amides is 2. The molecule has 1 fully saturated rings. The molecule has 1 saturated carbocycles. The van der Waals surface area contributed by atoms with Crippen molar-refractivity contribution in [3.8, 4) is 5.75 Å².